The summed E-state index contributed by atoms with van der Waals surface area (Å²) in [5.74, 6) is -4.96. The number of nitrogens with two attached hydrogens (primary N) is 1. The lowest BCUT2D eigenvalue weighted by atomic mass is 9.92. The SMILES string of the molecule is CN1C(N)=NC(C)(c2c(F)ccc(NC(=O)c3ccc(F)cn3)c2F)CS1(=O)=O. The molecule has 2 aromatic rings. The third-order valence-electron chi connectivity index (χ3n) is 4.40. The number of rotatable bonds is 3. The second-order valence-electron chi connectivity index (χ2n) is 6.57. The molecule has 0 saturated carbocycles. The highest BCUT2D eigenvalue weighted by atomic mass is 32.2. The zero-order valence-corrected chi connectivity index (χ0v) is 16.1. The van der Waals surface area contributed by atoms with Gasteiger partial charge in [0.15, 0.2) is 5.82 Å². The van der Waals surface area contributed by atoms with Gasteiger partial charge in [-0.25, -0.2) is 35.9 Å². The van der Waals surface area contributed by atoms with Crippen molar-refractivity contribution < 1.29 is 26.4 Å². The van der Waals surface area contributed by atoms with Crippen LogP contribution in [0.5, 0.6) is 0 Å². The molecule has 1 aromatic carbocycles. The summed E-state index contributed by atoms with van der Waals surface area (Å²) in [4.78, 5) is 19.8. The second kappa shape index (κ2) is 7.03. The van der Waals surface area contributed by atoms with Crippen molar-refractivity contribution in [3.8, 4) is 0 Å². The zero-order valence-electron chi connectivity index (χ0n) is 15.3. The Morgan fingerprint density at radius 1 is 1.24 bits per heavy atom. The van der Waals surface area contributed by atoms with Gasteiger partial charge in [0.25, 0.3) is 5.91 Å². The van der Waals surface area contributed by atoms with Crippen LogP contribution in [0.1, 0.15) is 23.0 Å². The Morgan fingerprint density at radius 2 is 1.93 bits per heavy atom. The molecular formula is C17H16F3N5O3S. The van der Waals surface area contributed by atoms with E-state index >= 15 is 4.39 Å². The minimum absolute atomic E-state index is 0.202. The average molecular weight is 427 g/mol. The van der Waals surface area contributed by atoms with E-state index < -0.39 is 61.9 Å². The summed E-state index contributed by atoms with van der Waals surface area (Å²) >= 11 is 0. The number of amides is 1. The van der Waals surface area contributed by atoms with Gasteiger partial charge in [-0.3, -0.25) is 4.79 Å². The quantitative estimate of drug-likeness (QED) is 0.771. The number of aliphatic imine (C=N–C) groups is 1. The van der Waals surface area contributed by atoms with Crippen LogP contribution in [0.3, 0.4) is 0 Å². The maximum absolute atomic E-state index is 15.1. The van der Waals surface area contributed by atoms with Crippen LogP contribution in [0.2, 0.25) is 0 Å². The molecule has 2 heterocycles. The first-order chi connectivity index (χ1) is 13.4. The average Bonchev–Trinajstić information content (AvgIpc) is 2.62. The number of carbonyl (C=O) groups excluding carboxylic acids is 1. The van der Waals surface area contributed by atoms with Gasteiger partial charge in [0.2, 0.25) is 16.0 Å². The molecule has 3 N–H and O–H groups in total. The standard InChI is InChI=1S/C17H16F3N5O3S/c1-17(8-29(27,28)25(2)16(21)24-17)13-10(19)4-6-11(14(13)20)23-15(26)12-5-3-9(18)7-22-12/h3-7H,8H2,1-2H3,(H2,21,24)(H,23,26). The largest absolute Gasteiger partial charge is 0.369 e. The van der Waals surface area contributed by atoms with E-state index in [0.717, 1.165) is 34.8 Å². The zero-order chi connectivity index (χ0) is 21.6. The Kier molecular flexibility index (Phi) is 4.99. The van der Waals surface area contributed by atoms with Crippen LogP contribution in [0.15, 0.2) is 35.5 Å². The van der Waals surface area contributed by atoms with Gasteiger partial charge >= 0.3 is 0 Å². The molecule has 1 atom stereocenters. The van der Waals surface area contributed by atoms with E-state index in [2.05, 4.69) is 15.3 Å². The predicted molar refractivity (Wildman–Crippen MR) is 99.0 cm³/mol. The highest BCUT2D eigenvalue weighted by Gasteiger charge is 2.43. The first-order valence-electron chi connectivity index (χ1n) is 8.18. The second-order valence-corrected chi connectivity index (χ2v) is 8.57. The molecule has 0 bridgehead atoms. The molecule has 1 aliphatic heterocycles. The normalized spacial score (nSPS) is 20.9. The van der Waals surface area contributed by atoms with E-state index in [1.165, 1.54) is 14.0 Å². The minimum atomic E-state index is -3.97. The Balaban J connectivity index is 2.04. The molecule has 8 nitrogen and oxygen atoms in total. The third kappa shape index (κ3) is 3.75. The fraction of sp³-hybridized carbons (Fsp3) is 0.235. The van der Waals surface area contributed by atoms with E-state index in [0.29, 0.717) is 0 Å². The maximum atomic E-state index is 15.1. The molecule has 1 amide bonds. The van der Waals surface area contributed by atoms with Crippen molar-refractivity contribution in [1.82, 2.24) is 9.29 Å². The van der Waals surface area contributed by atoms with Crippen molar-refractivity contribution in [2.24, 2.45) is 10.7 Å². The van der Waals surface area contributed by atoms with Crippen LogP contribution in [0.25, 0.3) is 0 Å². The summed E-state index contributed by atoms with van der Waals surface area (Å²) in [7, 11) is -2.80. The number of carbonyl (C=O) groups is 1. The highest BCUT2D eigenvalue weighted by Crippen LogP contribution is 2.37. The number of nitrogens with zero attached hydrogens (tertiary/aromatic N) is 3. The molecule has 0 saturated heterocycles. The van der Waals surface area contributed by atoms with E-state index in [9.17, 15) is 22.0 Å². The molecule has 12 heteroatoms. The topological polar surface area (TPSA) is 118 Å². The van der Waals surface area contributed by atoms with Crippen molar-refractivity contribution in [2.75, 3.05) is 18.1 Å². The number of hydrogen-bond donors (Lipinski definition) is 2. The lowest BCUT2D eigenvalue weighted by molar-refractivity contribution is 0.102. The first-order valence-corrected chi connectivity index (χ1v) is 9.79. The van der Waals surface area contributed by atoms with Crippen molar-refractivity contribution in [3.63, 3.8) is 0 Å². The molecule has 1 aromatic heterocycles. The first kappa shape index (κ1) is 20.6. The van der Waals surface area contributed by atoms with E-state index in [-0.39, 0.29) is 5.69 Å². The van der Waals surface area contributed by atoms with E-state index in [4.69, 9.17) is 5.73 Å². The Morgan fingerprint density at radius 3 is 2.52 bits per heavy atom. The maximum Gasteiger partial charge on any atom is 0.274 e. The van der Waals surface area contributed by atoms with Crippen LogP contribution in [0, 0.1) is 17.5 Å². The summed E-state index contributed by atoms with van der Waals surface area (Å²) < 4.78 is 67.9. The van der Waals surface area contributed by atoms with Gasteiger partial charge in [-0.05, 0) is 31.2 Å². The number of hydrogen-bond acceptors (Lipinski definition) is 6. The van der Waals surface area contributed by atoms with Gasteiger partial charge < -0.3 is 11.1 Å². The van der Waals surface area contributed by atoms with Gasteiger partial charge in [-0.15, -0.1) is 0 Å². The van der Waals surface area contributed by atoms with E-state index in [1.54, 1.807) is 0 Å². The number of guanidine groups is 1. The number of aromatic nitrogens is 1. The number of benzene rings is 1. The van der Waals surface area contributed by atoms with Crippen LogP contribution < -0.4 is 11.1 Å². The van der Waals surface area contributed by atoms with Gasteiger partial charge in [-0.2, -0.15) is 0 Å². The monoisotopic (exact) mass is 427 g/mol. The summed E-state index contributed by atoms with van der Waals surface area (Å²) in [5.41, 5.74) is 2.46. The molecule has 1 aliphatic rings. The van der Waals surface area contributed by atoms with Crippen LogP contribution in [-0.2, 0) is 15.6 Å². The molecule has 29 heavy (non-hydrogen) atoms. The van der Waals surface area contributed by atoms with Crippen molar-refractivity contribution >= 4 is 27.6 Å². The predicted octanol–water partition coefficient (Wildman–Crippen LogP) is 1.56. The number of nitrogens with one attached hydrogen (secondary N) is 1. The molecule has 0 aliphatic carbocycles. The summed E-state index contributed by atoms with van der Waals surface area (Å²) in [6.45, 7) is 1.22. The fourth-order valence-corrected chi connectivity index (χ4v) is 4.36. The molecule has 1 unspecified atom stereocenters. The Labute approximate surface area is 164 Å². The number of sulfonamides is 1. The summed E-state index contributed by atoms with van der Waals surface area (Å²) in [5, 5.41) is 2.21. The van der Waals surface area contributed by atoms with E-state index in [1.807, 2.05) is 0 Å². The summed E-state index contributed by atoms with van der Waals surface area (Å²) in [6.07, 6.45) is 0.809. The molecule has 0 fully saturated rings. The number of halogens is 3. The highest BCUT2D eigenvalue weighted by molar-refractivity contribution is 7.89. The number of anilines is 1. The van der Waals surface area contributed by atoms with Crippen LogP contribution >= 0.6 is 0 Å². The molecule has 154 valence electrons. The third-order valence-corrected chi connectivity index (χ3v) is 6.35. The smallest absolute Gasteiger partial charge is 0.274 e. The van der Waals surface area contributed by atoms with Crippen molar-refractivity contribution in [1.29, 1.82) is 0 Å². The van der Waals surface area contributed by atoms with Crippen molar-refractivity contribution in [3.05, 3.63) is 59.2 Å². The van der Waals surface area contributed by atoms with Gasteiger partial charge in [0.1, 0.15) is 22.9 Å². The molecular weight excluding hydrogens is 411 g/mol. The fourth-order valence-electron chi connectivity index (χ4n) is 2.92. The molecule has 0 radical (unpaired) electrons. The minimum Gasteiger partial charge on any atom is -0.369 e. The van der Waals surface area contributed by atoms with Crippen LogP contribution in [-0.4, -0.2) is 42.4 Å². The van der Waals surface area contributed by atoms with Gasteiger partial charge in [0, 0.05) is 7.05 Å². The molecule has 3 rings (SSSR count). The Hall–Kier alpha value is -3.15. The summed E-state index contributed by atoms with van der Waals surface area (Å²) in [6, 6.07) is 3.92. The lowest BCUT2D eigenvalue weighted by Crippen LogP contribution is -2.50. The van der Waals surface area contributed by atoms with Gasteiger partial charge in [-0.1, -0.05) is 0 Å². The Bertz CT molecular complexity index is 1120. The van der Waals surface area contributed by atoms with Gasteiger partial charge in [0.05, 0.1) is 23.2 Å². The van der Waals surface area contributed by atoms with Crippen molar-refractivity contribution in [2.45, 2.75) is 12.5 Å². The lowest BCUT2D eigenvalue weighted by Gasteiger charge is -2.35. The van der Waals surface area contributed by atoms with Crippen LogP contribution in [0.4, 0.5) is 18.9 Å². The number of pyridine rings is 1. The molecule has 0 spiro atoms.